The van der Waals surface area contributed by atoms with Crippen molar-refractivity contribution in [2.45, 2.75) is 25.1 Å². The number of alkyl halides is 3. The monoisotopic (exact) mass is 254 g/mol. The van der Waals surface area contributed by atoms with Gasteiger partial charge < -0.3 is 10.1 Å². The first-order valence-corrected chi connectivity index (χ1v) is 5.43. The van der Waals surface area contributed by atoms with Crippen molar-refractivity contribution in [3.63, 3.8) is 0 Å². The SMILES string of the molecule is COC(=O)C1(NCC(F)(F)F)CCNCC1C. The Morgan fingerprint density at radius 1 is 1.59 bits per heavy atom. The van der Waals surface area contributed by atoms with Gasteiger partial charge in [-0.1, -0.05) is 6.92 Å². The van der Waals surface area contributed by atoms with Gasteiger partial charge in [-0.25, -0.2) is 0 Å². The molecule has 0 aromatic heterocycles. The van der Waals surface area contributed by atoms with E-state index >= 15 is 0 Å². The van der Waals surface area contributed by atoms with Gasteiger partial charge in [0.15, 0.2) is 0 Å². The molecule has 1 rings (SSSR count). The molecule has 1 saturated heterocycles. The van der Waals surface area contributed by atoms with Gasteiger partial charge in [-0.05, 0) is 18.9 Å². The van der Waals surface area contributed by atoms with Gasteiger partial charge in [0.1, 0.15) is 5.54 Å². The Morgan fingerprint density at radius 2 is 2.24 bits per heavy atom. The van der Waals surface area contributed by atoms with Gasteiger partial charge in [0.25, 0.3) is 0 Å². The minimum atomic E-state index is -4.34. The number of esters is 1. The molecule has 1 heterocycles. The molecular weight excluding hydrogens is 237 g/mol. The number of ether oxygens (including phenoxy) is 1. The molecule has 4 nitrogen and oxygen atoms in total. The van der Waals surface area contributed by atoms with Gasteiger partial charge >= 0.3 is 12.1 Å². The zero-order valence-electron chi connectivity index (χ0n) is 9.86. The minimum Gasteiger partial charge on any atom is -0.468 e. The summed E-state index contributed by atoms with van der Waals surface area (Å²) < 4.78 is 41.4. The zero-order chi connectivity index (χ0) is 13.1. The normalized spacial score (nSPS) is 30.1. The van der Waals surface area contributed by atoms with Crippen LogP contribution in [0.3, 0.4) is 0 Å². The first kappa shape index (κ1) is 14.2. The second-order valence-electron chi connectivity index (χ2n) is 4.29. The van der Waals surface area contributed by atoms with E-state index in [2.05, 4.69) is 15.4 Å². The van der Waals surface area contributed by atoms with E-state index in [1.807, 2.05) is 0 Å². The van der Waals surface area contributed by atoms with Crippen LogP contribution in [0.25, 0.3) is 0 Å². The lowest BCUT2D eigenvalue weighted by Crippen LogP contribution is -2.64. The van der Waals surface area contributed by atoms with Crippen LogP contribution in [0.1, 0.15) is 13.3 Å². The molecule has 2 N–H and O–H groups in total. The number of hydrogen-bond donors (Lipinski definition) is 2. The fraction of sp³-hybridized carbons (Fsp3) is 0.900. The van der Waals surface area contributed by atoms with Crippen molar-refractivity contribution in [1.82, 2.24) is 10.6 Å². The highest BCUT2D eigenvalue weighted by Crippen LogP contribution is 2.27. The van der Waals surface area contributed by atoms with E-state index in [1.54, 1.807) is 6.92 Å². The highest BCUT2D eigenvalue weighted by Gasteiger charge is 2.47. The summed E-state index contributed by atoms with van der Waals surface area (Å²) in [4.78, 5) is 11.7. The molecule has 1 aliphatic heterocycles. The van der Waals surface area contributed by atoms with Gasteiger partial charge in [-0.3, -0.25) is 10.1 Å². The highest BCUT2D eigenvalue weighted by molar-refractivity contribution is 5.81. The minimum absolute atomic E-state index is 0.258. The standard InChI is InChI=1S/C10H17F3N2O2/c1-7-5-14-4-3-9(7,8(16)17-2)15-6-10(11,12)13/h7,14-15H,3-6H2,1-2H3. The lowest BCUT2D eigenvalue weighted by Gasteiger charge is -2.41. The summed E-state index contributed by atoms with van der Waals surface area (Å²) in [5.74, 6) is -0.887. The van der Waals surface area contributed by atoms with Crippen molar-refractivity contribution in [3.05, 3.63) is 0 Å². The Balaban J connectivity index is 2.82. The third kappa shape index (κ3) is 3.32. The fourth-order valence-electron chi connectivity index (χ4n) is 2.10. The smallest absolute Gasteiger partial charge is 0.401 e. The topological polar surface area (TPSA) is 50.4 Å². The quantitative estimate of drug-likeness (QED) is 0.727. The van der Waals surface area contributed by atoms with E-state index in [4.69, 9.17) is 0 Å². The molecule has 100 valence electrons. The number of halogens is 3. The zero-order valence-corrected chi connectivity index (χ0v) is 9.86. The van der Waals surface area contributed by atoms with E-state index in [9.17, 15) is 18.0 Å². The van der Waals surface area contributed by atoms with Crippen LogP contribution in [-0.2, 0) is 9.53 Å². The summed E-state index contributed by atoms with van der Waals surface area (Å²) in [6.07, 6.45) is -4.05. The number of carbonyl (C=O) groups is 1. The molecule has 2 atom stereocenters. The molecule has 1 fully saturated rings. The average molecular weight is 254 g/mol. The number of carbonyl (C=O) groups excluding carboxylic acids is 1. The molecule has 2 unspecified atom stereocenters. The van der Waals surface area contributed by atoms with Crippen LogP contribution < -0.4 is 10.6 Å². The van der Waals surface area contributed by atoms with Crippen LogP contribution in [0, 0.1) is 5.92 Å². The van der Waals surface area contributed by atoms with Gasteiger partial charge in [0.05, 0.1) is 13.7 Å². The van der Waals surface area contributed by atoms with Crippen LogP contribution in [0.2, 0.25) is 0 Å². The highest BCUT2D eigenvalue weighted by atomic mass is 19.4. The van der Waals surface area contributed by atoms with E-state index < -0.39 is 24.2 Å². The van der Waals surface area contributed by atoms with Crippen molar-refractivity contribution >= 4 is 5.97 Å². The van der Waals surface area contributed by atoms with Crippen molar-refractivity contribution in [3.8, 4) is 0 Å². The molecule has 0 bridgehead atoms. The second kappa shape index (κ2) is 5.22. The van der Waals surface area contributed by atoms with Gasteiger partial charge in [0, 0.05) is 6.54 Å². The first-order chi connectivity index (χ1) is 7.82. The van der Waals surface area contributed by atoms with Crippen LogP contribution in [0.4, 0.5) is 13.2 Å². The third-order valence-electron chi connectivity index (χ3n) is 3.14. The summed E-state index contributed by atoms with van der Waals surface area (Å²) in [5.41, 5.74) is -1.24. The Morgan fingerprint density at radius 3 is 2.71 bits per heavy atom. The molecule has 0 aromatic rings. The Labute approximate surface area is 97.9 Å². The van der Waals surface area contributed by atoms with E-state index in [-0.39, 0.29) is 12.3 Å². The van der Waals surface area contributed by atoms with E-state index in [0.29, 0.717) is 13.1 Å². The lowest BCUT2D eigenvalue weighted by molar-refractivity contribution is -0.158. The number of rotatable bonds is 3. The van der Waals surface area contributed by atoms with Crippen molar-refractivity contribution < 1.29 is 22.7 Å². The lowest BCUT2D eigenvalue weighted by atomic mass is 9.79. The van der Waals surface area contributed by atoms with E-state index in [1.165, 1.54) is 7.11 Å². The fourth-order valence-corrected chi connectivity index (χ4v) is 2.10. The summed E-state index contributed by atoms with van der Waals surface area (Å²) >= 11 is 0. The third-order valence-corrected chi connectivity index (χ3v) is 3.14. The maximum atomic E-state index is 12.2. The maximum Gasteiger partial charge on any atom is 0.401 e. The van der Waals surface area contributed by atoms with Crippen LogP contribution in [0.15, 0.2) is 0 Å². The molecule has 7 heteroatoms. The van der Waals surface area contributed by atoms with Crippen molar-refractivity contribution in [1.29, 1.82) is 0 Å². The molecule has 0 aliphatic carbocycles. The van der Waals surface area contributed by atoms with Gasteiger partial charge in [-0.15, -0.1) is 0 Å². The molecule has 17 heavy (non-hydrogen) atoms. The predicted molar refractivity (Wildman–Crippen MR) is 55.5 cm³/mol. The molecular formula is C10H17F3N2O2. The van der Waals surface area contributed by atoms with Crippen molar-refractivity contribution in [2.24, 2.45) is 5.92 Å². The molecule has 0 spiro atoms. The summed E-state index contributed by atoms with van der Waals surface area (Å²) in [6.45, 7) is 1.52. The Kier molecular flexibility index (Phi) is 4.37. The van der Waals surface area contributed by atoms with Crippen LogP contribution in [0.5, 0.6) is 0 Å². The van der Waals surface area contributed by atoms with E-state index in [0.717, 1.165) is 0 Å². The molecule has 0 amide bonds. The molecule has 0 saturated carbocycles. The van der Waals surface area contributed by atoms with Gasteiger partial charge in [-0.2, -0.15) is 13.2 Å². The van der Waals surface area contributed by atoms with Gasteiger partial charge in [0.2, 0.25) is 0 Å². The Hall–Kier alpha value is -0.820. The number of methoxy groups -OCH3 is 1. The number of piperidine rings is 1. The van der Waals surface area contributed by atoms with Crippen LogP contribution in [-0.4, -0.2) is 44.4 Å². The first-order valence-electron chi connectivity index (χ1n) is 5.43. The molecule has 1 aliphatic rings. The summed E-state index contributed by atoms with van der Waals surface area (Å²) in [6, 6.07) is 0. The predicted octanol–water partition coefficient (Wildman–Crippen LogP) is 0.679. The average Bonchev–Trinajstić information content (AvgIpc) is 2.26. The number of nitrogens with one attached hydrogen (secondary N) is 2. The largest absolute Gasteiger partial charge is 0.468 e. The summed E-state index contributed by atoms with van der Waals surface area (Å²) in [5, 5.41) is 5.37. The number of hydrogen-bond acceptors (Lipinski definition) is 4. The molecule has 0 aromatic carbocycles. The Bertz CT molecular complexity index is 283. The summed E-state index contributed by atoms with van der Waals surface area (Å²) in [7, 11) is 1.19. The van der Waals surface area contributed by atoms with Crippen molar-refractivity contribution in [2.75, 3.05) is 26.7 Å². The maximum absolute atomic E-state index is 12.2. The molecule has 0 radical (unpaired) electrons. The van der Waals surface area contributed by atoms with Crippen LogP contribution >= 0.6 is 0 Å². The second-order valence-corrected chi connectivity index (χ2v) is 4.29.